The summed E-state index contributed by atoms with van der Waals surface area (Å²) in [5.74, 6) is -0.162. The standard InChI is InChI=1S/C14H21FN2O/c1-11-2-3-12(10-13(11)15)14(4-9-18)17-7-5-16-6-8-17/h2-3,10,14,16,18H,4-9H2,1H3/t14-/m0/s1. The van der Waals surface area contributed by atoms with Crippen LogP contribution in [0.25, 0.3) is 0 Å². The molecular formula is C14H21FN2O. The van der Waals surface area contributed by atoms with E-state index < -0.39 is 0 Å². The monoisotopic (exact) mass is 252 g/mol. The van der Waals surface area contributed by atoms with Crippen LogP contribution < -0.4 is 5.32 Å². The van der Waals surface area contributed by atoms with Gasteiger partial charge in [-0.1, -0.05) is 12.1 Å². The molecule has 2 rings (SSSR count). The highest BCUT2D eigenvalue weighted by Crippen LogP contribution is 2.25. The lowest BCUT2D eigenvalue weighted by Crippen LogP contribution is -2.45. The van der Waals surface area contributed by atoms with Gasteiger partial charge in [0.25, 0.3) is 0 Å². The number of hydrogen-bond acceptors (Lipinski definition) is 3. The van der Waals surface area contributed by atoms with Crippen molar-refractivity contribution >= 4 is 0 Å². The highest BCUT2D eigenvalue weighted by molar-refractivity contribution is 5.26. The van der Waals surface area contributed by atoms with E-state index in [1.807, 2.05) is 12.1 Å². The van der Waals surface area contributed by atoms with E-state index in [1.54, 1.807) is 13.0 Å². The molecule has 0 unspecified atom stereocenters. The van der Waals surface area contributed by atoms with Crippen molar-refractivity contribution in [2.24, 2.45) is 0 Å². The van der Waals surface area contributed by atoms with E-state index in [0.29, 0.717) is 12.0 Å². The fraction of sp³-hybridized carbons (Fsp3) is 0.571. The Morgan fingerprint density at radius 3 is 2.72 bits per heavy atom. The Bertz CT molecular complexity index is 391. The largest absolute Gasteiger partial charge is 0.396 e. The summed E-state index contributed by atoms with van der Waals surface area (Å²) in [6.45, 7) is 5.70. The van der Waals surface area contributed by atoms with Crippen LogP contribution in [0.2, 0.25) is 0 Å². The molecule has 1 fully saturated rings. The van der Waals surface area contributed by atoms with Crippen LogP contribution >= 0.6 is 0 Å². The first kappa shape index (κ1) is 13.5. The Morgan fingerprint density at radius 1 is 1.39 bits per heavy atom. The molecule has 0 saturated carbocycles. The molecule has 0 aromatic heterocycles. The van der Waals surface area contributed by atoms with Gasteiger partial charge in [0.15, 0.2) is 0 Å². The quantitative estimate of drug-likeness (QED) is 0.851. The fourth-order valence-electron chi connectivity index (χ4n) is 2.49. The van der Waals surface area contributed by atoms with Gasteiger partial charge in [-0.05, 0) is 30.5 Å². The molecule has 1 atom stereocenters. The van der Waals surface area contributed by atoms with Gasteiger partial charge >= 0.3 is 0 Å². The minimum absolute atomic E-state index is 0.118. The van der Waals surface area contributed by atoms with Gasteiger partial charge < -0.3 is 10.4 Å². The SMILES string of the molecule is Cc1ccc([C@H](CCO)N2CCNCC2)cc1F. The summed E-state index contributed by atoms with van der Waals surface area (Å²) < 4.78 is 13.7. The molecule has 18 heavy (non-hydrogen) atoms. The summed E-state index contributed by atoms with van der Waals surface area (Å²) in [5.41, 5.74) is 1.64. The van der Waals surface area contributed by atoms with Crippen LogP contribution in [0, 0.1) is 12.7 Å². The second kappa shape index (κ2) is 6.27. The smallest absolute Gasteiger partial charge is 0.126 e. The van der Waals surface area contributed by atoms with Crippen molar-refractivity contribution in [3.63, 3.8) is 0 Å². The van der Waals surface area contributed by atoms with Crippen LogP contribution in [-0.2, 0) is 0 Å². The summed E-state index contributed by atoms with van der Waals surface area (Å²) in [4.78, 5) is 2.32. The lowest BCUT2D eigenvalue weighted by atomic mass is 10.00. The summed E-state index contributed by atoms with van der Waals surface area (Å²) >= 11 is 0. The maximum Gasteiger partial charge on any atom is 0.126 e. The Hall–Kier alpha value is -0.970. The zero-order chi connectivity index (χ0) is 13.0. The molecule has 0 spiro atoms. The first-order valence-corrected chi connectivity index (χ1v) is 6.54. The van der Waals surface area contributed by atoms with E-state index in [1.165, 1.54) is 0 Å². The summed E-state index contributed by atoms with van der Waals surface area (Å²) in [7, 11) is 0. The summed E-state index contributed by atoms with van der Waals surface area (Å²) in [5, 5.41) is 12.5. The molecule has 2 N–H and O–H groups in total. The van der Waals surface area contributed by atoms with Crippen LogP contribution in [-0.4, -0.2) is 42.8 Å². The molecule has 1 aromatic rings. The molecule has 1 aliphatic heterocycles. The number of aliphatic hydroxyl groups excluding tert-OH is 1. The lowest BCUT2D eigenvalue weighted by Gasteiger charge is -2.35. The van der Waals surface area contributed by atoms with Crippen molar-refractivity contribution in [1.82, 2.24) is 10.2 Å². The second-order valence-electron chi connectivity index (χ2n) is 4.82. The van der Waals surface area contributed by atoms with Crippen molar-refractivity contribution in [3.05, 3.63) is 35.1 Å². The zero-order valence-corrected chi connectivity index (χ0v) is 10.8. The number of nitrogens with zero attached hydrogens (tertiary/aromatic N) is 1. The lowest BCUT2D eigenvalue weighted by molar-refractivity contribution is 0.141. The highest BCUT2D eigenvalue weighted by atomic mass is 19.1. The normalized spacial score (nSPS) is 18.8. The van der Waals surface area contributed by atoms with Crippen molar-refractivity contribution < 1.29 is 9.50 Å². The third kappa shape index (κ3) is 3.07. The average Bonchev–Trinajstić information content (AvgIpc) is 2.40. The Labute approximate surface area is 108 Å². The number of piperazine rings is 1. The van der Waals surface area contributed by atoms with Gasteiger partial charge in [-0.25, -0.2) is 4.39 Å². The van der Waals surface area contributed by atoms with Crippen molar-refractivity contribution in [2.75, 3.05) is 32.8 Å². The van der Waals surface area contributed by atoms with E-state index in [9.17, 15) is 9.50 Å². The second-order valence-corrected chi connectivity index (χ2v) is 4.82. The number of benzene rings is 1. The predicted octanol–water partition coefficient (Wildman–Crippen LogP) is 1.46. The van der Waals surface area contributed by atoms with Crippen LogP contribution in [0.4, 0.5) is 4.39 Å². The zero-order valence-electron chi connectivity index (χ0n) is 10.8. The van der Waals surface area contributed by atoms with E-state index >= 15 is 0 Å². The van der Waals surface area contributed by atoms with E-state index in [4.69, 9.17) is 0 Å². The number of rotatable bonds is 4. The van der Waals surface area contributed by atoms with Crippen LogP contribution in [0.5, 0.6) is 0 Å². The number of hydrogen-bond donors (Lipinski definition) is 2. The molecule has 4 heteroatoms. The molecule has 0 radical (unpaired) electrons. The molecule has 1 saturated heterocycles. The number of halogens is 1. The van der Waals surface area contributed by atoms with Crippen molar-refractivity contribution in [3.8, 4) is 0 Å². The summed E-state index contributed by atoms with van der Waals surface area (Å²) in [6.07, 6.45) is 0.655. The fourth-order valence-corrected chi connectivity index (χ4v) is 2.49. The summed E-state index contributed by atoms with van der Waals surface area (Å²) in [6, 6.07) is 5.52. The Kier molecular flexibility index (Phi) is 4.69. The number of nitrogens with one attached hydrogen (secondary N) is 1. The molecule has 1 heterocycles. The van der Waals surface area contributed by atoms with E-state index in [2.05, 4.69) is 10.2 Å². The first-order valence-electron chi connectivity index (χ1n) is 6.54. The molecule has 0 amide bonds. The van der Waals surface area contributed by atoms with Gasteiger partial charge in [0, 0.05) is 38.8 Å². The first-order chi connectivity index (χ1) is 8.72. The highest BCUT2D eigenvalue weighted by Gasteiger charge is 2.22. The van der Waals surface area contributed by atoms with Gasteiger partial charge in [-0.15, -0.1) is 0 Å². The van der Waals surface area contributed by atoms with Crippen molar-refractivity contribution in [1.29, 1.82) is 0 Å². The van der Waals surface area contributed by atoms with Crippen LogP contribution in [0.1, 0.15) is 23.6 Å². The molecular weight excluding hydrogens is 231 g/mol. The molecule has 1 aliphatic rings. The molecule has 1 aromatic carbocycles. The van der Waals surface area contributed by atoms with Gasteiger partial charge in [0.2, 0.25) is 0 Å². The third-order valence-electron chi connectivity index (χ3n) is 3.58. The van der Waals surface area contributed by atoms with E-state index in [0.717, 1.165) is 31.7 Å². The minimum Gasteiger partial charge on any atom is -0.396 e. The van der Waals surface area contributed by atoms with Gasteiger partial charge in [0.1, 0.15) is 5.82 Å². The molecule has 0 aliphatic carbocycles. The predicted molar refractivity (Wildman–Crippen MR) is 70.0 cm³/mol. The van der Waals surface area contributed by atoms with E-state index in [-0.39, 0.29) is 18.5 Å². The number of aryl methyl sites for hydroxylation is 1. The Morgan fingerprint density at radius 2 is 2.11 bits per heavy atom. The molecule has 100 valence electrons. The average molecular weight is 252 g/mol. The maximum atomic E-state index is 13.7. The van der Waals surface area contributed by atoms with Crippen LogP contribution in [0.15, 0.2) is 18.2 Å². The maximum absolute atomic E-state index is 13.7. The van der Waals surface area contributed by atoms with Gasteiger partial charge in [0.05, 0.1) is 0 Å². The third-order valence-corrected chi connectivity index (χ3v) is 3.58. The Balaban J connectivity index is 2.19. The molecule has 3 nitrogen and oxygen atoms in total. The number of aliphatic hydroxyl groups is 1. The van der Waals surface area contributed by atoms with Gasteiger partial charge in [-0.2, -0.15) is 0 Å². The van der Waals surface area contributed by atoms with Gasteiger partial charge in [-0.3, -0.25) is 4.90 Å². The minimum atomic E-state index is -0.162. The molecule has 0 bridgehead atoms. The van der Waals surface area contributed by atoms with Crippen LogP contribution in [0.3, 0.4) is 0 Å². The van der Waals surface area contributed by atoms with Crippen molar-refractivity contribution in [2.45, 2.75) is 19.4 Å². The topological polar surface area (TPSA) is 35.5 Å².